The first kappa shape index (κ1) is 21.0. The molecule has 0 fully saturated rings. The van der Waals surface area contributed by atoms with Crippen molar-refractivity contribution < 1.29 is 9.18 Å². The molecule has 0 aliphatic heterocycles. The van der Waals surface area contributed by atoms with E-state index >= 15 is 0 Å². The molecular formula is C22H18ClFN4O2S. The van der Waals surface area contributed by atoms with Crippen LogP contribution in [0.1, 0.15) is 32.2 Å². The molecule has 0 aliphatic rings. The zero-order valence-electron chi connectivity index (χ0n) is 16.7. The molecule has 2 aromatic heterocycles. The number of nitrogens with one attached hydrogen (secondary N) is 2. The van der Waals surface area contributed by atoms with Gasteiger partial charge in [-0.2, -0.15) is 4.68 Å². The molecule has 6 nitrogen and oxygen atoms in total. The highest BCUT2D eigenvalue weighted by molar-refractivity contribution is 7.16. The Kier molecular flexibility index (Phi) is 5.75. The highest BCUT2D eigenvalue weighted by atomic mass is 35.5. The summed E-state index contributed by atoms with van der Waals surface area (Å²) in [4.78, 5) is 30.5. The van der Waals surface area contributed by atoms with Crippen molar-refractivity contribution in [2.75, 3.05) is 5.32 Å². The number of thiazole rings is 1. The van der Waals surface area contributed by atoms with Crippen LogP contribution in [-0.4, -0.2) is 20.7 Å². The minimum atomic E-state index is -0.386. The number of hydrogen-bond acceptors (Lipinski definition) is 4. The molecule has 0 spiro atoms. The molecule has 2 N–H and O–H groups in total. The lowest BCUT2D eigenvalue weighted by atomic mass is 10.1. The summed E-state index contributed by atoms with van der Waals surface area (Å²) >= 11 is 7.34. The molecule has 2 heterocycles. The first-order valence-corrected chi connectivity index (χ1v) is 10.6. The van der Waals surface area contributed by atoms with Gasteiger partial charge in [-0.05, 0) is 49.7 Å². The Morgan fingerprint density at radius 2 is 1.90 bits per heavy atom. The SMILES string of the molecule is Cc1nc(-n2[nH]c(C)c(Cc3ccccc3Cl)c2=O)sc1C(=O)Nc1ccc(F)cc1. The number of carbonyl (C=O) groups excluding carboxylic acids is 1. The number of amides is 1. The van der Waals surface area contributed by atoms with Crippen LogP contribution < -0.4 is 10.9 Å². The average Bonchev–Trinajstić information content (AvgIpc) is 3.26. The van der Waals surface area contributed by atoms with Crippen molar-refractivity contribution in [1.29, 1.82) is 0 Å². The number of benzene rings is 2. The van der Waals surface area contributed by atoms with E-state index in [1.54, 1.807) is 13.0 Å². The maximum atomic E-state index is 13.1. The monoisotopic (exact) mass is 456 g/mol. The van der Waals surface area contributed by atoms with Crippen LogP contribution in [-0.2, 0) is 6.42 Å². The number of carbonyl (C=O) groups is 1. The van der Waals surface area contributed by atoms with Gasteiger partial charge in [0.05, 0.1) is 5.69 Å². The molecule has 0 unspecified atom stereocenters. The van der Waals surface area contributed by atoms with Gasteiger partial charge in [-0.15, -0.1) is 0 Å². The van der Waals surface area contributed by atoms with E-state index in [2.05, 4.69) is 15.4 Å². The van der Waals surface area contributed by atoms with Gasteiger partial charge in [0, 0.05) is 28.4 Å². The van der Waals surface area contributed by atoms with Crippen LogP contribution in [0.3, 0.4) is 0 Å². The molecule has 0 radical (unpaired) electrons. The Hall–Kier alpha value is -3.23. The smallest absolute Gasteiger partial charge is 0.277 e. The molecule has 0 saturated carbocycles. The Labute approximate surface area is 186 Å². The van der Waals surface area contributed by atoms with Crippen molar-refractivity contribution in [2.45, 2.75) is 20.3 Å². The van der Waals surface area contributed by atoms with Crippen molar-refractivity contribution in [3.63, 3.8) is 0 Å². The summed E-state index contributed by atoms with van der Waals surface area (Å²) in [7, 11) is 0. The minimum absolute atomic E-state index is 0.239. The van der Waals surface area contributed by atoms with E-state index in [1.165, 1.54) is 28.9 Å². The molecule has 31 heavy (non-hydrogen) atoms. The summed E-state index contributed by atoms with van der Waals surface area (Å²) in [5, 5.41) is 6.71. The molecule has 4 aromatic rings. The van der Waals surface area contributed by atoms with E-state index in [0.29, 0.717) is 44.1 Å². The van der Waals surface area contributed by atoms with Crippen LogP contribution in [0.25, 0.3) is 5.13 Å². The molecule has 158 valence electrons. The summed E-state index contributed by atoms with van der Waals surface area (Å²) in [6.07, 6.45) is 0.385. The van der Waals surface area contributed by atoms with Gasteiger partial charge in [0.2, 0.25) is 5.13 Å². The van der Waals surface area contributed by atoms with Gasteiger partial charge in [-0.25, -0.2) is 9.37 Å². The highest BCUT2D eigenvalue weighted by Gasteiger charge is 2.20. The van der Waals surface area contributed by atoms with E-state index in [0.717, 1.165) is 16.9 Å². The van der Waals surface area contributed by atoms with Gasteiger partial charge in [0.25, 0.3) is 11.5 Å². The van der Waals surface area contributed by atoms with Gasteiger partial charge in [0.15, 0.2) is 0 Å². The summed E-state index contributed by atoms with van der Waals surface area (Å²) in [6.45, 7) is 3.51. The molecule has 0 bridgehead atoms. The molecule has 9 heteroatoms. The Morgan fingerprint density at radius 1 is 1.19 bits per heavy atom. The fraction of sp³-hybridized carbons (Fsp3) is 0.136. The predicted octanol–water partition coefficient (Wildman–Crippen LogP) is 4.87. The number of rotatable bonds is 5. The van der Waals surface area contributed by atoms with E-state index in [4.69, 9.17) is 11.6 Å². The van der Waals surface area contributed by atoms with Gasteiger partial charge in [-0.3, -0.25) is 14.7 Å². The lowest BCUT2D eigenvalue weighted by molar-refractivity contribution is 0.103. The average molecular weight is 457 g/mol. The first-order chi connectivity index (χ1) is 14.8. The van der Waals surface area contributed by atoms with Crippen LogP contribution in [0.4, 0.5) is 10.1 Å². The Morgan fingerprint density at radius 3 is 2.61 bits per heavy atom. The maximum absolute atomic E-state index is 13.1. The number of aromatic amines is 1. The highest BCUT2D eigenvalue weighted by Crippen LogP contribution is 2.24. The van der Waals surface area contributed by atoms with E-state index in [9.17, 15) is 14.0 Å². The fourth-order valence-corrected chi connectivity index (χ4v) is 4.29. The lowest BCUT2D eigenvalue weighted by Crippen LogP contribution is -2.17. The molecule has 1 amide bonds. The molecule has 4 rings (SSSR count). The van der Waals surface area contributed by atoms with Crippen molar-refractivity contribution in [2.24, 2.45) is 0 Å². The second-order valence-electron chi connectivity index (χ2n) is 7.00. The lowest BCUT2D eigenvalue weighted by Gasteiger charge is -2.03. The maximum Gasteiger partial charge on any atom is 0.277 e. The second-order valence-corrected chi connectivity index (χ2v) is 8.38. The van der Waals surface area contributed by atoms with Crippen molar-refractivity contribution in [3.8, 4) is 5.13 Å². The zero-order valence-corrected chi connectivity index (χ0v) is 18.3. The van der Waals surface area contributed by atoms with Crippen molar-refractivity contribution in [3.05, 3.63) is 97.1 Å². The van der Waals surface area contributed by atoms with Gasteiger partial charge in [0.1, 0.15) is 10.7 Å². The second kappa shape index (κ2) is 8.49. The number of aryl methyl sites for hydroxylation is 2. The number of halogens is 2. The van der Waals surface area contributed by atoms with E-state index in [-0.39, 0.29) is 17.3 Å². The van der Waals surface area contributed by atoms with Gasteiger partial charge >= 0.3 is 0 Å². The number of hydrogen-bond donors (Lipinski definition) is 2. The van der Waals surface area contributed by atoms with Crippen LogP contribution in [0.2, 0.25) is 5.02 Å². The quantitative estimate of drug-likeness (QED) is 0.449. The van der Waals surface area contributed by atoms with Crippen LogP contribution in [0, 0.1) is 19.7 Å². The molecule has 0 saturated heterocycles. The van der Waals surface area contributed by atoms with E-state index < -0.39 is 0 Å². The van der Waals surface area contributed by atoms with Crippen LogP contribution in [0.5, 0.6) is 0 Å². The van der Waals surface area contributed by atoms with E-state index in [1.807, 2.05) is 25.1 Å². The first-order valence-electron chi connectivity index (χ1n) is 9.42. The summed E-state index contributed by atoms with van der Waals surface area (Å²) < 4.78 is 14.4. The number of H-pyrrole nitrogens is 1. The topological polar surface area (TPSA) is 79.8 Å². The normalized spacial score (nSPS) is 11.0. The zero-order chi connectivity index (χ0) is 22.1. The van der Waals surface area contributed by atoms with Crippen LogP contribution >= 0.6 is 22.9 Å². The predicted molar refractivity (Wildman–Crippen MR) is 120 cm³/mol. The third-order valence-corrected chi connectivity index (χ3v) is 6.31. The minimum Gasteiger partial charge on any atom is -0.321 e. The van der Waals surface area contributed by atoms with Crippen molar-refractivity contribution >= 4 is 34.5 Å². The summed E-state index contributed by atoms with van der Waals surface area (Å²) in [5.41, 5.74) is 2.86. The molecule has 0 atom stereocenters. The third kappa shape index (κ3) is 4.30. The van der Waals surface area contributed by atoms with Gasteiger partial charge in [-0.1, -0.05) is 41.1 Å². The largest absolute Gasteiger partial charge is 0.321 e. The number of nitrogens with zero attached hydrogens (tertiary/aromatic N) is 2. The Balaban J connectivity index is 1.62. The molecule has 0 aliphatic carbocycles. The molecular weight excluding hydrogens is 439 g/mol. The van der Waals surface area contributed by atoms with Crippen molar-refractivity contribution in [1.82, 2.24) is 14.8 Å². The third-order valence-electron chi connectivity index (χ3n) is 4.80. The number of anilines is 1. The van der Waals surface area contributed by atoms with Gasteiger partial charge < -0.3 is 5.32 Å². The molecule has 2 aromatic carbocycles. The fourth-order valence-electron chi connectivity index (χ4n) is 3.17. The summed E-state index contributed by atoms with van der Waals surface area (Å²) in [6, 6.07) is 12.9. The standard InChI is InChI=1S/C22H18ClFN4O2S/c1-12-17(11-14-5-3-4-6-18(14)23)21(30)28(27-12)22-25-13(2)19(31-22)20(29)26-16-9-7-15(24)8-10-16/h3-10,27H,11H2,1-2H3,(H,26,29). The summed E-state index contributed by atoms with van der Waals surface area (Å²) in [5.74, 6) is -0.760. The number of aromatic nitrogens is 3. The van der Waals surface area contributed by atoms with Crippen LogP contribution in [0.15, 0.2) is 53.3 Å². The Bertz CT molecular complexity index is 1320.